The van der Waals surface area contributed by atoms with E-state index in [1.807, 2.05) is 36.4 Å². The Bertz CT molecular complexity index is 3430. The Balaban J connectivity index is 1.10. The number of amidine groups is 2. The van der Waals surface area contributed by atoms with Crippen molar-refractivity contribution in [1.29, 1.82) is 0 Å². The fraction of sp³-hybridized carbons (Fsp3) is 0.0196. The van der Waals surface area contributed by atoms with Crippen molar-refractivity contribution in [2.75, 3.05) is 0 Å². The first kappa shape index (κ1) is 31.6. The van der Waals surface area contributed by atoms with Crippen molar-refractivity contribution >= 4 is 77.2 Å². The van der Waals surface area contributed by atoms with Crippen LogP contribution in [0.4, 0.5) is 0 Å². The summed E-state index contributed by atoms with van der Waals surface area (Å²) < 4.78 is 11.7. The first-order chi connectivity index (χ1) is 28.3. The van der Waals surface area contributed by atoms with Crippen LogP contribution in [0.3, 0.4) is 0 Å². The van der Waals surface area contributed by atoms with Crippen molar-refractivity contribution < 1.29 is 4.42 Å². The van der Waals surface area contributed by atoms with Gasteiger partial charge in [0.25, 0.3) is 0 Å². The summed E-state index contributed by atoms with van der Waals surface area (Å²) in [6, 6.07) is 66.0. The number of rotatable bonds is 5. The van der Waals surface area contributed by atoms with Gasteiger partial charge in [-0.1, -0.05) is 140 Å². The summed E-state index contributed by atoms with van der Waals surface area (Å²) in [6.45, 7) is 0. The lowest BCUT2D eigenvalue weighted by atomic mass is 10.0. The first-order valence-corrected chi connectivity index (χ1v) is 19.3. The van der Waals surface area contributed by atoms with E-state index in [0.717, 1.165) is 66.9 Å². The fourth-order valence-electron chi connectivity index (χ4n) is 8.86. The normalized spacial score (nSPS) is 14.5. The highest BCUT2D eigenvalue weighted by Crippen LogP contribution is 2.42. The van der Waals surface area contributed by atoms with Crippen LogP contribution in [0, 0.1) is 0 Å². The largest absolute Gasteiger partial charge is 0.454 e. The van der Waals surface area contributed by atoms with Gasteiger partial charge in [-0.2, -0.15) is 0 Å². The molecule has 1 unspecified atom stereocenters. The molecule has 0 spiro atoms. The maximum atomic E-state index is 6.94. The molecule has 0 saturated carbocycles. The molecule has 6 nitrogen and oxygen atoms in total. The average Bonchev–Trinajstić information content (AvgIpc) is 3.94. The van der Waals surface area contributed by atoms with Crippen molar-refractivity contribution in [2.45, 2.75) is 6.17 Å². The second-order valence-corrected chi connectivity index (χ2v) is 14.6. The third-order valence-electron chi connectivity index (χ3n) is 11.4. The molecule has 268 valence electrons. The highest BCUT2D eigenvalue weighted by atomic mass is 16.3. The first-order valence-electron chi connectivity index (χ1n) is 19.3. The van der Waals surface area contributed by atoms with Crippen LogP contribution in [0.1, 0.15) is 22.9 Å². The Morgan fingerprint density at radius 2 is 1.09 bits per heavy atom. The van der Waals surface area contributed by atoms with Crippen molar-refractivity contribution in [3.8, 4) is 11.4 Å². The predicted octanol–water partition coefficient (Wildman–Crippen LogP) is 12.3. The smallest absolute Gasteiger partial charge is 0.159 e. The van der Waals surface area contributed by atoms with Crippen LogP contribution in [-0.4, -0.2) is 20.8 Å². The molecular weight excluding hydrogens is 699 g/mol. The zero-order chi connectivity index (χ0) is 37.5. The van der Waals surface area contributed by atoms with Crippen molar-refractivity contribution in [3.63, 3.8) is 0 Å². The molecule has 1 N–H and O–H groups in total. The molecule has 6 heteroatoms. The van der Waals surface area contributed by atoms with Crippen LogP contribution >= 0.6 is 0 Å². The van der Waals surface area contributed by atoms with Crippen molar-refractivity contribution in [2.24, 2.45) is 9.98 Å². The van der Waals surface area contributed by atoms with Crippen LogP contribution < -0.4 is 5.32 Å². The Kier molecular flexibility index (Phi) is 6.89. The summed E-state index contributed by atoms with van der Waals surface area (Å²) in [4.78, 5) is 10.3. The van der Waals surface area contributed by atoms with E-state index in [9.17, 15) is 0 Å². The van der Waals surface area contributed by atoms with Crippen LogP contribution in [0.25, 0.3) is 76.9 Å². The summed E-state index contributed by atoms with van der Waals surface area (Å²) in [5, 5.41) is 10.5. The molecule has 12 rings (SSSR count). The van der Waals surface area contributed by atoms with Gasteiger partial charge < -0.3 is 18.9 Å². The van der Waals surface area contributed by atoms with E-state index in [1.54, 1.807) is 0 Å². The highest BCUT2D eigenvalue weighted by Gasteiger charge is 2.25. The van der Waals surface area contributed by atoms with Gasteiger partial charge in [0, 0.05) is 49.1 Å². The summed E-state index contributed by atoms with van der Waals surface area (Å²) in [5.74, 6) is 1.44. The van der Waals surface area contributed by atoms with Gasteiger partial charge >= 0.3 is 0 Å². The molecule has 11 aromatic rings. The van der Waals surface area contributed by atoms with Gasteiger partial charge in [0.2, 0.25) is 0 Å². The Labute approximate surface area is 327 Å². The lowest BCUT2D eigenvalue weighted by Crippen LogP contribution is -2.33. The SMILES string of the molecule is c1ccc(C2=NC(c3ccccc3)NC(c3cccc4oc5c(-n6c7ccccc7c7cc8c(cc76)c6ccccc6n8-c6ccccc6)cccc5c34)=N2)cc1. The molecule has 8 aromatic carbocycles. The number of fused-ring (bicyclic) bond motifs is 9. The highest BCUT2D eigenvalue weighted by molar-refractivity contribution is 6.23. The second kappa shape index (κ2) is 12.4. The molecule has 0 aliphatic carbocycles. The van der Waals surface area contributed by atoms with Gasteiger partial charge in [-0.25, -0.2) is 9.98 Å². The summed E-state index contributed by atoms with van der Waals surface area (Å²) in [7, 11) is 0. The molecule has 1 aliphatic rings. The minimum Gasteiger partial charge on any atom is -0.454 e. The Hall–Kier alpha value is -7.70. The molecule has 4 heterocycles. The molecule has 57 heavy (non-hydrogen) atoms. The fourth-order valence-corrected chi connectivity index (χ4v) is 8.86. The van der Waals surface area contributed by atoms with Gasteiger partial charge in [-0.3, -0.25) is 0 Å². The van der Waals surface area contributed by atoms with Gasteiger partial charge in [-0.15, -0.1) is 0 Å². The number of nitrogens with zero attached hydrogens (tertiary/aromatic N) is 4. The molecule has 1 aliphatic heterocycles. The maximum absolute atomic E-state index is 6.94. The molecule has 0 bridgehead atoms. The quantitative estimate of drug-likeness (QED) is 0.192. The summed E-state index contributed by atoms with van der Waals surface area (Å²) in [6.07, 6.45) is -0.305. The Morgan fingerprint density at radius 1 is 0.491 bits per heavy atom. The topological polar surface area (TPSA) is 59.8 Å². The molecule has 3 aromatic heterocycles. The lowest BCUT2D eigenvalue weighted by molar-refractivity contribution is 0.665. The standard InChI is InChI=1S/C51H33N5O/c1-4-16-32(17-5-1)49-52-50(33-18-6-2-7-19-33)54-51(53-49)38-25-15-29-46-47(38)37-24-14-28-43(48(37)57-46)56-42-27-13-11-23-36(42)40-30-44-39(31-45(40)56)35-22-10-12-26-41(35)55(44)34-20-8-3-9-21-34/h1-31,49H,(H,52,53,54). The molecule has 1 atom stereocenters. The van der Waals surface area contributed by atoms with Crippen LogP contribution in [0.15, 0.2) is 202 Å². The van der Waals surface area contributed by atoms with Crippen molar-refractivity contribution in [1.82, 2.24) is 14.5 Å². The number of benzene rings is 8. The van der Waals surface area contributed by atoms with E-state index in [2.05, 4.69) is 166 Å². The molecule has 0 saturated heterocycles. The van der Waals surface area contributed by atoms with Gasteiger partial charge in [0.15, 0.2) is 11.4 Å². The number of aromatic nitrogens is 2. The van der Waals surface area contributed by atoms with Crippen LogP contribution in [0.2, 0.25) is 0 Å². The second-order valence-electron chi connectivity index (χ2n) is 14.6. The number of furan rings is 1. The number of para-hydroxylation sites is 4. The van der Waals surface area contributed by atoms with E-state index in [0.29, 0.717) is 5.84 Å². The molecule has 0 radical (unpaired) electrons. The third-order valence-corrected chi connectivity index (χ3v) is 11.4. The van der Waals surface area contributed by atoms with E-state index >= 15 is 0 Å². The minimum absolute atomic E-state index is 0.305. The number of hydrogen-bond acceptors (Lipinski definition) is 4. The number of nitrogens with one attached hydrogen (secondary N) is 1. The van der Waals surface area contributed by atoms with Gasteiger partial charge in [0.1, 0.15) is 17.6 Å². The molecule has 0 amide bonds. The van der Waals surface area contributed by atoms with E-state index in [1.165, 1.54) is 32.6 Å². The number of aliphatic imine (C=N–C) groups is 2. The third kappa shape index (κ3) is 4.84. The van der Waals surface area contributed by atoms with Gasteiger partial charge in [-0.05, 0) is 54.1 Å². The predicted molar refractivity (Wildman–Crippen MR) is 234 cm³/mol. The molecular formula is C51H33N5O. The van der Waals surface area contributed by atoms with E-state index < -0.39 is 0 Å². The van der Waals surface area contributed by atoms with Crippen LogP contribution in [-0.2, 0) is 0 Å². The van der Waals surface area contributed by atoms with Gasteiger partial charge in [0.05, 0.1) is 27.8 Å². The summed E-state index contributed by atoms with van der Waals surface area (Å²) in [5.41, 5.74) is 11.4. The monoisotopic (exact) mass is 731 g/mol. The summed E-state index contributed by atoms with van der Waals surface area (Å²) >= 11 is 0. The van der Waals surface area contributed by atoms with E-state index in [4.69, 9.17) is 14.4 Å². The maximum Gasteiger partial charge on any atom is 0.159 e. The Morgan fingerprint density at radius 3 is 1.82 bits per heavy atom. The zero-order valence-corrected chi connectivity index (χ0v) is 30.7. The van der Waals surface area contributed by atoms with Crippen molar-refractivity contribution in [3.05, 3.63) is 205 Å². The average molecular weight is 732 g/mol. The lowest BCUT2D eigenvalue weighted by Gasteiger charge is -2.24. The zero-order valence-electron chi connectivity index (χ0n) is 30.7. The minimum atomic E-state index is -0.305. The number of hydrogen-bond donors (Lipinski definition) is 1. The van der Waals surface area contributed by atoms with E-state index in [-0.39, 0.29) is 6.17 Å². The molecule has 0 fully saturated rings. The van der Waals surface area contributed by atoms with Crippen LogP contribution in [0.5, 0.6) is 0 Å².